The normalized spacial score (nSPS) is 23.6. The summed E-state index contributed by atoms with van der Waals surface area (Å²) in [5, 5.41) is 0. The molecule has 0 radical (unpaired) electrons. The number of fused-ring (bicyclic) bond motifs is 1. The molecular formula is C26H30F4O. The third-order valence-electron chi connectivity index (χ3n) is 7.30. The summed E-state index contributed by atoms with van der Waals surface area (Å²) in [5.74, 6) is 0.464. The van der Waals surface area contributed by atoms with Crippen LogP contribution in [0.3, 0.4) is 0 Å². The molecule has 0 N–H and O–H groups in total. The molecule has 2 aromatic carbocycles. The van der Waals surface area contributed by atoms with Crippen molar-refractivity contribution in [2.45, 2.75) is 71.3 Å². The Bertz CT molecular complexity index is 903. The van der Waals surface area contributed by atoms with E-state index in [9.17, 15) is 13.2 Å². The zero-order valence-corrected chi connectivity index (χ0v) is 18.0. The fourth-order valence-corrected chi connectivity index (χ4v) is 5.68. The van der Waals surface area contributed by atoms with Crippen molar-refractivity contribution in [3.63, 3.8) is 0 Å². The number of ether oxygens (including phenoxy) is 1. The summed E-state index contributed by atoms with van der Waals surface area (Å²) in [7, 11) is 0. The summed E-state index contributed by atoms with van der Waals surface area (Å²) in [5.41, 5.74) is 2.42. The van der Waals surface area contributed by atoms with Crippen molar-refractivity contribution in [3.8, 4) is 16.9 Å². The van der Waals surface area contributed by atoms with E-state index in [1.165, 1.54) is 44.6 Å². The van der Waals surface area contributed by atoms with Gasteiger partial charge in [0.15, 0.2) is 11.6 Å². The molecule has 0 amide bonds. The third-order valence-corrected chi connectivity index (χ3v) is 7.30. The average Bonchev–Trinajstić information content (AvgIpc) is 2.76. The lowest BCUT2D eigenvalue weighted by molar-refractivity contribution is -0.0521. The van der Waals surface area contributed by atoms with Gasteiger partial charge in [0.2, 0.25) is 0 Å². The fourth-order valence-electron chi connectivity index (χ4n) is 5.68. The van der Waals surface area contributed by atoms with E-state index in [2.05, 4.69) is 11.7 Å². The second-order valence-electron chi connectivity index (χ2n) is 9.16. The minimum atomic E-state index is -3.10. The zero-order chi connectivity index (χ0) is 22.0. The third kappa shape index (κ3) is 4.91. The zero-order valence-electron chi connectivity index (χ0n) is 18.0. The van der Waals surface area contributed by atoms with E-state index < -0.39 is 18.2 Å². The molecule has 0 saturated heterocycles. The molecule has 0 heterocycles. The number of benzene rings is 2. The van der Waals surface area contributed by atoms with Gasteiger partial charge in [-0.25, -0.2) is 8.78 Å². The highest BCUT2D eigenvalue weighted by molar-refractivity contribution is 5.67. The van der Waals surface area contributed by atoms with Crippen LogP contribution < -0.4 is 4.74 Å². The Kier molecular flexibility index (Phi) is 6.88. The maximum Gasteiger partial charge on any atom is 0.387 e. The van der Waals surface area contributed by atoms with Crippen molar-refractivity contribution in [3.05, 3.63) is 53.1 Å². The van der Waals surface area contributed by atoms with Crippen molar-refractivity contribution in [1.29, 1.82) is 0 Å². The van der Waals surface area contributed by atoms with Crippen molar-refractivity contribution in [2.75, 3.05) is 0 Å². The number of rotatable bonds is 6. The van der Waals surface area contributed by atoms with Gasteiger partial charge in [0, 0.05) is 5.56 Å². The van der Waals surface area contributed by atoms with Crippen LogP contribution in [-0.2, 0) is 12.8 Å². The highest BCUT2D eigenvalue weighted by Gasteiger charge is 2.31. The van der Waals surface area contributed by atoms with Gasteiger partial charge >= 0.3 is 6.61 Å². The van der Waals surface area contributed by atoms with Crippen LogP contribution in [-0.4, -0.2) is 6.61 Å². The number of alkyl halides is 2. The van der Waals surface area contributed by atoms with Crippen LogP contribution in [0.1, 0.15) is 63.0 Å². The largest absolute Gasteiger partial charge is 0.432 e. The highest BCUT2D eigenvalue weighted by atomic mass is 19.3. The van der Waals surface area contributed by atoms with E-state index in [1.54, 1.807) is 6.07 Å². The van der Waals surface area contributed by atoms with Gasteiger partial charge < -0.3 is 4.74 Å². The molecule has 2 aliphatic rings. The molecule has 0 bridgehead atoms. The molecule has 5 heteroatoms. The van der Waals surface area contributed by atoms with E-state index in [1.807, 2.05) is 6.07 Å². The monoisotopic (exact) mass is 434 g/mol. The van der Waals surface area contributed by atoms with Gasteiger partial charge in [0.05, 0.1) is 0 Å². The lowest BCUT2D eigenvalue weighted by atomic mass is 9.69. The Labute approximate surface area is 181 Å². The topological polar surface area (TPSA) is 9.23 Å². The highest BCUT2D eigenvalue weighted by Crippen LogP contribution is 2.42. The minimum Gasteiger partial charge on any atom is -0.432 e. The molecule has 0 aromatic heterocycles. The summed E-state index contributed by atoms with van der Waals surface area (Å²) in [4.78, 5) is 0. The van der Waals surface area contributed by atoms with Crippen LogP contribution in [0.5, 0.6) is 5.75 Å². The second-order valence-corrected chi connectivity index (χ2v) is 9.16. The van der Waals surface area contributed by atoms with Gasteiger partial charge in [-0.3, -0.25) is 0 Å². The molecule has 0 spiro atoms. The van der Waals surface area contributed by atoms with Gasteiger partial charge in [-0.05, 0) is 78.7 Å². The van der Waals surface area contributed by atoms with E-state index in [-0.39, 0.29) is 5.82 Å². The van der Waals surface area contributed by atoms with E-state index in [0.29, 0.717) is 23.5 Å². The van der Waals surface area contributed by atoms with Crippen LogP contribution in [0, 0.1) is 29.4 Å². The van der Waals surface area contributed by atoms with Crippen molar-refractivity contribution in [2.24, 2.45) is 17.8 Å². The van der Waals surface area contributed by atoms with Crippen molar-refractivity contribution < 1.29 is 22.3 Å². The van der Waals surface area contributed by atoms with Crippen LogP contribution in [0.2, 0.25) is 0 Å². The average molecular weight is 435 g/mol. The number of halogens is 4. The molecule has 1 fully saturated rings. The predicted molar refractivity (Wildman–Crippen MR) is 114 cm³/mol. The molecule has 168 valence electrons. The standard InChI is InChI=1S/C26H30F4O/c1-2-3-16-4-6-17(7-5-16)18-8-11-21-19(14-18)9-12-22(25(21)28)20-10-13-24(23(27)15-20)31-26(29)30/h9-10,12-13,15-18,26H,2-8,11,14H2,1H3. The van der Waals surface area contributed by atoms with Crippen LogP contribution in [0.25, 0.3) is 11.1 Å². The molecule has 1 nitrogen and oxygen atoms in total. The molecule has 1 unspecified atom stereocenters. The smallest absolute Gasteiger partial charge is 0.387 e. The molecule has 1 saturated carbocycles. The number of hydrogen-bond acceptors (Lipinski definition) is 1. The van der Waals surface area contributed by atoms with Crippen LogP contribution in [0.4, 0.5) is 17.6 Å². The molecule has 0 aliphatic heterocycles. The van der Waals surface area contributed by atoms with E-state index in [0.717, 1.165) is 47.9 Å². The van der Waals surface area contributed by atoms with Crippen LogP contribution in [0.15, 0.2) is 30.3 Å². The summed E-state index contributed by atoms with van der Waals surface area (Å²) >= 11 is 0. The van der Waals surface area contributed by atoms with Gasteiger partial charge in [0.1, 0.15) is 5.82 Å². The van der Waals surface area contributed by atoms with Crippen molar-refractivity contribution >= 4 is 0 Å². The molecular weight excluding hydrogens is 404 g/mol. The quantitative estimate of drug-likeness (QED) is 0.419. The Balaban J connectivity index is 1.48. The second kappa shape index (κ2) is 9.62. The van der Waals surface area contributed by atoms with Gasteiger partial charge in [0.25, 0.3) is 0 Å². The fraction of sp³-hybridized carbons (Fsp3) is 0.538. The molecule has 1 atom stereocenters. The maximum atomic E-state index is 15.3. The lowest BCUT2D eigenvalue weighted by Crippen LogP contribution is -2.27. The Morgan fingerprint density at radius 3 is 2.42 bits per heavy atom. The Morgan fingerprint density at radius 1 is 0.968 bits per heavy atom. The maximum absolute atomic E-state index is 15.3. The Morgan fingerprint density at radius 2 is 1.74 bits per heavy atom. The lowest BCUT2D eigenvalue weighted by Gasteiger charge is -2.36. The predicted octanol–water partition coefficient (Wildman–Crippen LogP) is 7.94. The summed E-state index contributed by atoms with van der Waals surface area (Å²) < 4.78 is 58.3. The molecule has 2 aromatic rings. The molecule has 4 rings (SSSR count). The minimum absolute atomic E-state index is 0.305. The van der Waals surface area contributed by atoms with Crippen LogP contribution >= 0.6 is 0 Å². The van der Waals surface area contributed by atoms with Crippen molar-refractivity contribution in [1.82, 2.24) is 0 Å². The van der Waals surface area contributed by atoms with Gasteiger partial charge in [-0.15, -0.1) is 0 Å². The van der Waals surface area contributed by atoms with E-state index in [4.69, 9.17) is 0 Å². The molecule has 2 aliphatic carbocycles. The number of hydrogen-bond donors (Lipinski definition) is 0. The Hall–Kier alpha value is -2.04. The summed E-state index contributed by atoms with van der Waals surface area (Å²) in [6, 6.07) is 7.26. The SMILES string of the molecule is CCCC1CCC(C2CCc3c(ccc(-c4ccc(OC(F)F)c(F)c4)c3F)C2)CC1. The summed E-state index contributed by atoms with van der Waals surface area (Å²) in [6.45, 7) is -0.845. The first-order valence-corrected chi connectivity index (χ1v) is 11.5. The first kappa shape index (κ1) is 22.2. The first-order valence-electron chi connectivity index (χ1n) is 11.5. The molecule has 31 heavy (non-hydrogen) atoms. The van der Waals surface area contributed by atoms with Gasteiger partial charge in [-0.1, -0.05) is 50.8 Å². The van der Waals surface area contributed by atoms with Gasteiger partial charge in [-0.2, -0.15) is 8.78 Å². The summed E-state index contributed by atoms with van der Waals surface area (Å²) in [6.07, 6.45) is 10.4. The first-order chi connectivity index (χ1) is 15.0. The van der Waals surface area contributed by atoms with E-state index >= 15 is 4.39 Å².